The maximum absolute atomic E-state index is 7.60. The molecule has 1 heterocycles. The van der Waals surface area contributed by atoms with Gasteiger partial charge in [-0.15, -0.1) is 0 Å². The third-order valence-corrected chi connectivity index (χ3v) is 5.64. The number of fused-ring (bicyclic) bond motifs is 1. The van der Waals surface area contributed by atoms with Crippen LogP contribution in [0, 0.1) is 5.41 Å². The summed E-state index contributed by atoms with van der Waals surface area (Å²) >= 11 is 0. The van der Waals surface area contributed by atoms with Crippen molar-refractivity contribution in [3.05, 3.63) is 96.6 Å². The molecule has 0 saturated carbocycles. The summed E-state index contributed by atoms with van der Waals surface area (Å²) in [5.74, 6) is 1.98. The van der Waals surface area contributed by atoms with Gasteiger partial charge in [-0.25, -0.2) is 9.97 Å². The first kappa shape index (κ1) is 21.2. The number of hydrogen-bond acceptors (Lipinski definition) is 6. The van der Waals surface area contributed by atoms with Gasteiger partial charge in [0.1, 0.15) is 11.6 Å². The number of hydrogen-bond donors (Lipinski definition) is 3. The van der Waals surface area contributed by atoms with Crippen LogP contribution in [0.3, 0.4) is 0 Å². The molecule has 0 saturated heterocycles. The van der Waals surface area contributed by atoms with E-state index in [2.05, 4.69) is 29.6 Å². The summed E-state index contributed by atoms with van der Waals surface area (Å²) in [7, 11) is 1.64. The minimum absolute atomic E-state index is 0.552. The minimum atomic E-state index is 0.552. The van der Waals surface area contributed by atoms with E-state index in [0.29, 0.717) is 22.9 Å². The van der Waals surface area contributed by atoms with Crippen molar-refractivity contribution in [1.82, 2.24) is 9.97 Å². The normalized spacial score (nSPS) is 10.7. The second-order valence-electron chi connectivity index (χ2n) is 7.84. The highest BCUT2D eigenvalue weighted by Crippen LogP contribution is 2.31. The van der Waals surface area contributed by atoms with Gasteiger partial charge in [0.2, 0.25) is 0 Å². The first-order chi connectivity index (χ1) is 16.6. The lowest BCUT2D eigenvalue weighted by molar-refractivity contribution is 0.415. The highest BCUT2D eigenvalue weighted by molar-refractivity contribution is 5.94. The average Bonchev–Trinajstić information content (AvgIpc) is 2.89. The molecule has 0 aliphatic heterocycles. The second kappa shape index (κ2) is 9.03. The summed E-state index contributed by atoms with van der Waals surface area (Å²) in [6, 6.07) is 29.6. The molecule has 4 N–H and O–H groups in total. The quantitative estimate of drug-likeness (QED) is 0.211. The Morgan fingerprint density at radius 3 is 2.41 bits per heavy atom. The fourth-order valence-corrected chi connectivity index (χ4v) is 3.84. The summed E-state index contributed by atoms with van der Waals surface area (Å²) < 4.78 is 5.43. The molecule has 4 aromatic carbocycles. The number of ether oxygens (including phenoxy) is 1. The van der Waals surface area contributed by atoms with Crippen molar-refractivity contribution in [3.8, 4) is 28.3 Å². The lowest BCUT2D eigenvalue weighted by atomic mass is 10.0. The Kier molecular flexibility index (Phi) is 5.62. The van der Waals surface area contributed by atoms with E-state index in [1.165, 1.54) is 6.21 Å². The van der Waals surface area contributed by atoms with Crippen molar-refractivity contribution in [2.75, 3.05) is 18.2 Å². The highest BCUT2D eigenvalue weighted by Gasteiger charge is 2.12. The van der Waals surface area contributed by atoms with Crippen LogP contribution in [0.15, 0.2) is 91.0 Å². The van der Waals surface area contributed by atoms with Gasteiger partial charge < -0.3 is 21.2 Å². The van der Waals surface area contributed by atoms with Gasteiger partial charge in [-0.2, -0.15) is 0 Å². The third kappa shape index (κ3) is 4.17. The van der Waals surface area contributed by atoms with Gasteiger partial charge in [0.05, 0.1) is 12.6 Å². The lowest BCUT2D eigenvalue weighted by Crippen LogP contribution is -2.01. The van der Waals surface area contributed by atoms with Crippen LogP contribution in [-0.4, -0.2) is 23.3 Å². The van der Waals surface area contributed by atoms with Crippen LogP contribution in [0.25, 0.3) is 33.4 Å². The van der Waals surface area contributed by atoms with Crippen molar-refractivity contribution in [3.63, 3.8) is 0 Å². The molecule has 0 amide bonds. The molecule has 0 unspecified atom stereocenters. The third-order valence-electron chi connectivity index (χ3n) is 5.64. The molecule has 0 aliphatic carbocycles. The average molecular weight is 446 g/mol. The molecule has 5 aromatic rings. The predicted molar refractivity (Wildman–Crippen MR) is 139 cm³/mol. The number of rotatable bonds is 6. The first-order valence-electron chi connectivity index (χ1n) is 10.8. The SMILES string of the molecule is COc1ccc2c(Nc3ccc(N)c(C=N)c3)nc(-c3cccc(-c4ccccc4)c3)nc2c1. The maximum atomic E-state index is 7.60. The summed E-state index contributed by atoms with van der Waals surface area (Å²) in [5, 5.41) is 11.9. The van der Waals surface area contributed by atoms with Crippen LogP contribution >= 0.6 is 0 Å². The van der Waals surface area contributed by atoms with Crippen molar-refractivity contribution >= 4 is 34.3 Å². The van der Waals surface area contributed by atoms with E-state index in [1.807, 2.05) is 60.7 Å². The van der Waals surface area contributed by atoms with Crippen LogP contribution in [0.1, 0.15) is 5.56 Å². The molecular formula is C28H23N5O. The zero-order chi connectivity index (χ0) is 23.5. The molecule has 5 rings (SSSR count). The Hall–Kier alpha value is -4.71. The topological polar surface area (TPSA) is 96.9 Å². The smallest absolute Gasteiger partial charge is 0.162 e. The molecule has 6 heteroatoms. The van der Waals surface area contributed by atoms with Gasteiger partial charge in [-0.3, -0.25) is 0 Å². The second-order valence-corrected chi connectivity index (χ2v) is 7.84. The number of nitrogens with zero attached hydrogens (tertiary/aromatic N) is 2. The van der Waals surface area contributed by atoms with Gasteiger partial charge in [0.15, 0.2) is 5.82 Å². The number of anilines is 3. The monoisotopic (exact) mass is 445 g/mol. The largest absolute Gasteiger partial charge is 0.497 e. The molecule has 1 aromatic heterocycles. The summed E-state index contributed by atoms with van der Waals surface area (Å²) in [5.41, 5.74) is 11.8. The summed E-state index contributed by atoms with van der Waals surface area (Å²) in [6.07, 6.45) is 1.24. The molecule has 0 spiro atoms. The Morgan fingerprint density at radius 1 is 0.824 bits per heavy atom. The lowest BCUT2D eigenvalue weighted by Gasteiger charge is -2.13. The minimum Gasteiger partial charge on any atom is -0.497 e. The number of nitrogens with one attached hydrogen (secondary N) is 2. The van der Waals surface area contributed by atoms with Crippen LogP contribution in [0.4, 0.5) is 17.2 Å². The zero-order valence-electron chi connectivity index (χ0n) is 18.6. The van der Waals surface area contributed by atoms with E-state index in [4.69, 9.17) is 25.8 Å². The Balaban J connectivity index is 1.64. The van der Waals surface area contributed by atoms with Crippen molar-refractivity contribution < 1.29 is 4.74 Å². The number of nitrogen functional groups attached to an aromatic ring is 1. The van der Waals surface area contributed by atoms with Gasteiger partial charge in [-0.1, -0.05) is 48.5 Å². The van der Waals surface area contributed by atoms with Crippen molar-refractivity contribution in [1.29, 1.82) is 5.41 Å². The summed E-state index contributed by atoms with van der Waals surface area (Å²) in [4.78, 5) is 9.73. The van der Waals surface area contributed by atoms with Crippen molar-refractivity contribution in [2.45, 2.75) is 0 Å². The fourth-order valence-electron chi connectivity index (χ4n) is 3.84. The Labute approximate surface area is 197 Å². The predicted octanol–water partition coefficient (Wildman–Crippen LogP) is 6.30. The van der Waals surface area contributed by atoms with E-state index in [1.54, 1.807) is 13.2 Å². The van der Waals surface area contributed by atoms with Gasteiger partial charge in [-0.05, 0) is 47.5 Å². The number of benzene rings is 4. The molecule has 0 bridgehead atoms. The van der Waals surface area contributed by atoms with E-state index in [-0.39, 0.29) is 0 Å². The van der Waals surface area contributed by atoms with E-state index in [0.717, 1.165) is 39.0 Å². The number of nitrogens with two attached hydrogens (primary N) is 1. The van der Waals surface area contributed by atoms with Gasteiger partial charge in [0, 0.05) is 40.2 Å². The Morgan fingerprint density at radius 2 is 1.62 bits per heavy atom. The van der Waals surface area contributed by atoms with Crippen molar-refractivity contribution in [2.24, 2.45) is 0 Å². The number of aromatic nitrogens is 2. The van der Waals surface area contributed by atoms with Crippen LogP contribution < -0.4 is 15.8 Å². The molecule has 0 aliphatic rings. The van der Waals surface area contributed by atoms with Gasteiger partial charge in [0.25, 0.3) is 0 Å². The van der Waals surface area contributed by atoms with Crippen LogP contribution in [0.5, 0.6) is 5.75 Å². The number of methoxy groups -OCH3 is 1. The molecule has 0 radical (unpaired) electrons. The molecule has 166 valence electrons. The van der Waals surface area contributed by atoms with E-state index >= 15 is 0 Å². The standard InChI is InChI=1S/C28H23N5O/c1-34-23-11-12-24-26(16-23)32-27(20-9-5-8-19(14-20)18-6-3-2-4-7-18)33-28(24)31-22-10-13-25(30)21(15-22)17-29/h2-17,29H,30H2,1H3,(H,31,32,33). The van der Waals surface area contributed by atoms with Crippen LogP contribution in [-0.2, 0) is 0 Å². The zero-order valence-corrected chi connectivity index (χ0v) is 18.6. The fraction of sp³-hybridized carbons (Fsp3) is 0.0357. The highest BCUT2D eigenvalue weighted by atomic mass is 16.5. The van der Waals surface area contributed by atoms with Crippen LogP contribution in [0.2, 0.25) is 0 Å². The van der Waals surface area contributed by atoms with E-state index in [9.17, 15) is 0 Å². The van der Waals surface area contributed by atoms with E-state index < -0.39 is 0 Å². The molecular weight excluding hydrogens is 422 g/mol. The maximum Gasteiger partial charge on any atom is 0.162 e. The first-order valence-corrected chi connectivity index (χ1v) is 10.8. The molecule has 34 heavy (non-hydrogen) atoms. The molecule has 0 atom stereocenters. The van der Waals surface area contributed by atoms with Gasteiger partial charge >= 0.3 is 0 Å². The summed E-state index contributed by atoms with van der Waals surface area (Å²) in [6.45, 7) is 0. The molecule has 0 fully saturated rings. The molecule has 6 nitrogen and oxygen atoms in total. The Bertz CT molecular complexity index is 1500.